The number of benzene rings is 1. The van der Waals surface area contributed by atoms with Crippen molar-refractivity contribution in [2.75, 3.05) is 6.61 Å². The number of hydroxylamine groups is 1. The van der Waals surface area contributed by atoms with Crippen LogP contribution in [0.5, 0.6) is 0 Å². The molecule has 0 aliphatic heterocycles. The number of carbonyl (C=O) groups excluding carboxylic acids is 1. The van der Waals surface area contributed by atoms with Crippen LogP contribution in [0, 0.1) is 0 Å². The first-order chi connectivity index (χ1) is 9.76. The summed E-state index contributed by atoms with van der Waals surface area (Å²) in [6.45, 7) is 2.04. The fraction of sp³-hybridized carbons (Fsp3) is 0.154. The lowest BCUT2D eigenvalue weighted by molar-refractivity contribution is 0.0532. The zero-order chi connectivity index (χ0) is 14.4. The van der Waals surface area contributed by atoms with E-state index in [-0.39, 0.29) is 0 Å². The smallest absolute Gasteiger partial charge is 0.350 e. The highest BCUT2D eigenvalue weighted by atomic mass is 32.1. The lowest BCUT2D eigenvalue weighted by Gasteiger charge is -2.01. The van der Waals surface area contributed by atoms with Crippen molar-refractivity contribution in [3.63, 3.8) is 0 Å². The average molecular weight is 291 g/mol. The van der Waals surface area contributed by atoms with Crippen molar-refractivity contribution in [3.05, 3.63) is 35.2 Å². The van der Waals surface area contributed by atoms with Crippen LogP contribution in [0.1, 0.15) is 16.6 Å². The molecule has 1 heterocycles. The van der Waals surface area contributed by atoms with Gasteiger partial charge in [-0.2, -0.15) is 0 Å². The second-order valence-electron chi connectivity index (χ2n) is 3.65. The van der Waals surface area contributed by atoms with Gasteiger partial charge in [0.05, 0.1) is 12.3 Å². The third-order valence-electron chi connectivity index (χ3n) is 2.36. The summed E-state index contributed by atoms with van der Waals surface area (Å²) in [5.74, 6) is -0.428. The Labute approximate surface area is 119 Å². The van der Waals surface area contributed by atoms with Gasteiger partial charge in [0, 0.05) is 5.56 Å². The highest BCUT2D eigenvalue weighted by Gasteiger charge is 2.20. The zero-order valence-electron chi connectivity index (χ0n) is 10.7. The minimum absolute atomic E-state index is 0.293. The van der Waals surface area contributed by atoms with Gasteiger partial charge in [0.1, 0.15) is 11.2 Å². The van der Waals surface area contributed by atoms with Gasteiger partial charge in [0.2, 0.25) is 5.13 Å². The Balaban J connectivity index is 2.45. The van der Waals surface area contributed by atoms with Gasteiger partial charge in [-0.3, -0.25) is 10.7 Å². The maximum Gasteiger partial charge on any atom is 0.350 e. The molecule has 0 saturated carbocycles. The second-order valence-corrected chi connectivity index (χ2v) is 4.63. The van der Waals surface area contributed by atoms with Crippen molar-refractivity contribution >= 4 is 28.8 Å². The number of thiazole rings is 1. The van der Waals surface area contributed by atoms with Gasteiger partial charge in [-0.1, -0.05) is 41.7 Å². The number of esters is 1. The highest BCUT2D eigenvalue weighted by molar-refractivity contribution is 7.17. The number of rotatable bonds is 5. The fourth-order valence-corrected chi connectivity index (χ4v) is 2.40. The normalized spacial score (nSPS) is 10.7. The van der Waals surface area contributed by atoms with E-state index in [1.807, 2.05) is 30.3 Å². The summed E-state index contributed by atoms with van der Waals surface area (Å²) in [4.78, 5) is 20.5. The molecule has 2 rings (SSSR count). The minimum Gasteiger partial charge on any atom is -0.462 e. The number of hydrogen-bond acceptors (Lipinski definition) is 6. The quantitative estimate of drug-likeness (QED) is 0.383. The topological polar surface area (TPSA) is 83.8 Å². The summed E-state index contributed by atoms with van der Waals surface area (Å²) in [7, 11) is 0. The maximum absolute atomic E-state index is 12.0. The van der Waals surface area contributed by atoms with Crippen LogP contribution in [0.15, 0.2) is 35.3 Å². The van der Waals surface area contributed by atoms with Crippen molar-refractivity contribution in [1.29, 1.82) is 0 Å². The number of nitrogens with one attached hydrogen (secondary N) is 1. The number of hydrogen-bond donors (Lipinski definition) is 2. The van der Waals surface area contributed by atoms with Gasteiger partial charge >= 0.3 is 5.97 Å². The Morgan fingerprint density at radius 2 is 2.25 bits per heavy atom. The van der Waals surface area contributed by atoms with Gasteiger partial charge in [0.15, 0.2) is 0 Å². The number of nitrogens with zero attached hydrogens (tertiary/aromatic N) is 2. The average Bonchev–Trinajstić information content (AvgIpc) is 2.90. The standard InChI is InChI=1S/C13H13N3O3S/c1-2-19-12(17)11-10(9-6-4-3-5-7-9)16-13(20-11)14-8-15-18/h3-8,18H,2H2,1H3,(H,14,15,16). The first kappa shape index (κ1) is 14.2. The van der Waals surface area contributed by atoms with Crippen LogP contribution >= 0.6 is 11.3 Å². The third kappa shape index (κ3) is 3.19. The maximum atomic E-state index is 12.0. The minimum atomic E-state index is -0.428. The van der Waals surface area contributed by atoms with Crippen LogP contribution in [0.4, 0.5) is 5.13 Å². The molecule has 7 heteroatoms. The van der Waals surface area contributed by atoms with E-state index in [1.54, 1.807) is 12.4 Å². The Morgan fingerprint density at radius 3 is 2.90 bits per heavy atom. The van der Waals surface area contributed by atoms with Crippen molar-refractivity contribution < 1.29 is 14.7 Å². The largest absolute Gasteiger partial charge is 0.462 e. The Morgan fingerprint density at radius 1 is 1.50 bits per heavy atom. The monoisotopic (exact) mass is 291 g/mol. The molecule has 0 radical (unpaired) electrons. The molecule has 1 aromatic carbocycles. The van der Waals surface area contributed by atoms with E-state index in [4.69, 9.17) is 9.94 Å². The molecule has 0 spiro atoms. The SMILES string of the molecule is CCOC(=O)c1sc(/N=C/NO)nc1-c1ccccc1. The number of carbonyl (C=O) groups is 1. The van der Waals surface area contributed by atoms with E-state index in [2.05, 4.69) is 9.98 Å². The molecule has 0 saturated heterocycles. The zero-order valence-corrected chi connectivity index (χ0v) is 11.6. The molecule has 20 heavy (non-hydrogen) atoms. The first-order valence-electron chi connectivity index (χ1n) is 5.91. The number of aliphatic imine (C=N–C) groups is 1. The van der Waals surface area contributed by atoms with E-state index < -0.39 is 5.97 Å². The van der Waals surface area contributed by atoms with Crippen LogP contribution in [-0.2, 0) is 4.74 Å². The summed E-state index contributed by atoms with van der Waals surface area (Å²) in [5.41, 5.74) is 3.14. The molecule has 0 bridgehead atoms. The van der Waals surface area contributed by atoms with E-state index in [1.165, 1.54) is 0 Å². The Bertz CT molecular complexity index is 611. The molecule has 0 unspecified atom stereocenters. The molecule has 0 aliphatic carbocycles. The fourth-order valence-electron chi connectivity index (χ4n) is 1.57. The molecule has 0 amide bonds. The molecule has 0 aliphatic rings. The molecular weight excluding hydrogens is 278 g/mol. The van der Waals surface area contributed by atoms with Crippen molar-refractivity contribution in [2.45, 2.75) is 6.92 Å². The number of ether oxygens (including phenoxy) is 1. The lowest BCUT2D eigenvalue weighted by atomic mass is 10.1. The van der Waals surface area contributed by atoms with Gasteiger partial charge in [-0.15, -0.1) is 0 Å². The van der Waals surface area contributed by atoms with Crippen molar-refractivity contribution in [2.24, 2.45) is 4.99 Å². The molecule has 0 fully saturated rings. The van der Waals surface area contributed by atoms with E-state index in [9.17, 15) is 4.79 Å². The van der Waals surface area contributed by atoms with Crippen molar-refractivity contribution in [1.82, 2.24) is 10.5 Å². The number of aromatic nitrogens is 1. The molecular formula is C13H13N3O3S. The summed E-state index contributed by atoms with van der Waals surface area (Å²) < 4.78 is 5.02. The van der Waals surface area contributed by atoms with Crippen LogP contribution in [0.25, 0.3) is 11.3 Å². The summed E-state index contributed by atoms with van der Waals surface area (Å²) in [6.07, 6.45) is 1.09. The van der Waals surface area contributed by atoms with Gasteiger partial charge in [0.25, 0.3) is 0 Å². The molecule has 6 nitrogen and oxygen atoms in total. The van der Waals surface area contributed by atoms with Crippen LogP contribution < -0.4 is 5.48 Å². The summed E-state index contributed by atoms with van der Waals surface area (Å²) >= 11 is 1.11. The summed E-state index contributed by atoms with van der Waals surface area (Å²) in [5, 5.41) is 8.86. The van der Waals surface area contributed by atoms with Crippen molar-refractivity contribution in [3.8, 4) is 11.3 Å². The highest BCUT2D eigenvalue weighted by Crippen LogP contribution is 2.32. The molecule has 0 atom stereocenters. The van der Waals surface area contributed by atoms with Gasteiger partial charge < -0.3 is 4.74 Å². The Kier molecular flexibility index (Phi) is 4.80. The predicted octanol–water partition coefficient (Wildman–Crippen LogP) is 2.63. The van der Waals surface area contributed by atoms with Crippen LogP contribution in [0.2, 0.25) is 0 Å². The molecule has 2 N–H and O–H groups in total. The van der Waals surface area contributed by atoms with Crippen LogP contribution in [0.3, 0.4) is 0 Å². The van der Waals surface area contributed by atoms with E-state index in [0.29, 0.717) is 22.3 Å². The van der Waals surface area contributed by atoms with E-state index in [0.717, 1.165) is 23.2 Å². The third-order valence-corrected chi connectivity index (χ3v) is 3.30. The van der Waals surface area contributed by atoms with Crippen LogP contribution in [-0.4, -0.2) is 29.1 Å². The second kappa shape index (κ2) is 6.78. The van der Waals surface area contributed by atoms with Gasteiger partial charge in [-0.05, 0) is 6.92 Å². The molecule has 1 aromatic heterocycles. The lowest BCUT2D eigenvalue weighted by Crippen LogP contribution is -2.03. The molecule has 2 aromatic rings. The van der Waals surface area contributed by atoms with Gasteiger partial charge in [-0.25, -0.2) is 14.8 Å². The summed E-state index contributed by atoms with van der Waals surface area (Å²) in [6, 6.07) is 9.32. The predicted molar refractivity (Wildman–Crippen MR) is 76.6 cm³/mol. The first-order valence-corrected chi connectivity index (χ1v) is 6.73. The molecule has 104 valence electrons. The Hall–Kier alpha value is -2.25. The van der Waals surface area contributed by atoms with E-state index >= 15 is 0 Å².